The zero-order valence-electron chi connectivity index (χ0n) is 10.3. The van der Waals surface area contributed by atoms with Crippen LogP contribution < -0.4 is 4.90 Å². The molecule has 18 heavy (non-hydrogen) atoms. The van der Waals surface area contributed by atoms with Crippen molar-refractivity contribution in [3.63, 3.8) is 0 Å². The Bertz CT molecular complexity index is 461. The van der Waals surface area contributed by atoms with Crippen molar-refractivity contribution in [3.8, 4) is 0 Å². The highest BCUT2D eigenvalue weighted by Crippen LogP contribution is 2.33. The maximum Gasteiger partial charge on any atom is 0.351 e. The molecule has 2 rings (SSSR count). The second kappa shape index (κ2) is 5.03. The Labute approximate surface area is 114 Å². The highest BCUT2D eigenvalue weighted by Gasteiger charge is 2.31. The third kappa shape index (κ3) is 2.76. The Balaban J connectivity index is 2.21. The Hall–Kier alpha value is -0.850. The van der Waals surface area contributed by atoms with Crippen molar-refractivity contribution in [1.82, 2.24) is 4.98 Å². The van der Waals surface area contributed by atoms with Gasteiger partial charge in [0.2, 0.25) is 0 Å². The third-order valence-corrected chi connectivity index (χ3v) is 4.37. The van der Waals surface area contributed by atoms with Crippen molar-refractivity contribution in [1.29, 1.82) is 0 Å². The number of halogens is 1. The number of piperidine rings is 1. The van der Waals surface area contributed by atoms with E-state index < -0.39 is 11.6 Å². The average molecular weight is 291 g/mol. The van der Waals surface area contributed by atoms with Gasteiger partial charge in [-0.3, -0.25) is 0 Å². The lowest BCUT2D eigenvalue weighted by molar-refractivity contribution is 0.0449. The summed E-state index contributed by atoms with van der Waals surface area (Å²) in [7, 11) is 1.31. The fraction of sp³-hybridized carbons (Fsp3) is 0.636. The molecule has 1 unspecified atom stereocenters. The summed E-state index contributed by atoms with van der Waals surface area (Å²) in [6.07, 6.45) is 1.66. The topological polar surface area (TPSA) is 62.7 Å². The normalized spacial score (nSPS) is 24.1. The molecule has 1 aliphatic heterocycles. The van der Waals surface area contributed by atoms with Gasteiger partial charge in [-0.15, -0.1) is 0 Å². The molecule has 1 saturated heterocycles. The number of anilines is 1. The van der Waals surface area contributed by atoms with Crippen molar-refractivity contribution in [2.24, 2.45) is 0 Å². The van der Waals surface area contributed by atoms with Crippen molar-refractivity contribution < 1.29 is 14.6 Å². The molecule has 100 valence electrons. The van der Waals surface area contributed by atoms with E-state index in [1.165, 1.54) is 18.4 Å². The number of aliphatic hydroxyl groups is 1. The molecule has 2 heterocycles. The van der Waals surface area contributed by atoms with Gasteiger partial charge in [0.05, 0.1) is 12.7 Å². The molecule has 0 amide bonds. The number of hydrogen-bond donors (Lipinski definition) is 1. The van der Waals surface area contributed by atoms with Crippen LogP contribution in [0.25, 0.3) is 0 Å². The second-order valence-corrected chi connectivity index (χ2v) is 5.97. The molecule has 0 aliphatic carbocycles. The first-order valence-corrected chi connectivity index (χ1v) is 6.84. The largest absolute Gasteiger partial charge is 0.465 e. The number of nitrogens with zero attached hydrogens (tertiary/aromatic N) is 2. The van der Waals surface area contributed by atoms with E-state index in [0.29, 0.717) is 16.6 Å². The van der Waals surface area contributed by atoms with E-state index in [0.717, 1.165) is 19.4 Å². The van der Waals surface area contributed by atoms with Gasteiger partial charge >= 0.3 is 5.97 Å². The molecule has 0 saturated carbocycles. The van der Waals surface area contributed by atoms with Crippen LogP contribution in [0.1, 0.15) is 29.4 Å². The number of carbonyl (C=O) groups excluding carboxylic acids is 1. The van der Waals surface area contributed by atoms with Crippen LogP contribution in [0.15, 0.2) is 0 Å². The Morgan fingerprint density at radius 3 is 3.00 bits per heavy atom. The van der Waals surface area contributed by atoms with E-state index in [1.807, 2.05) is 4.90 Å². The Morgan fingerprint density at radius 1 is 1.67 bits per heavy atom. The fourth-order valence-electron chi connectivity index (χ4n) is 2.03. The lowest BCUT2D eigenvalue weighted by atomic mass is 9.96. The number of aromatic nitrogens is 1. The molecule has 1 N–H and O–H groups in total. The van der Waals surface area contributed by atoms with Gasteiger partial charge in [0, 0.05) is 13.1 Å². The van der Waals surface area contributed by atoms with Crippen molar-refractivity contribution in [2.75, 3.05) is 25.1 Å². The zero-order valence-corrected chi connectivity index (χ0v) is 11.8. The van der Waals surface area contributed by atoms with Crippen LogP contribution >= 0.6 is 22.9 Å². The quantitative estimate of drug-likeness (QED) is 0.843. The number of rotatable bonds is 2. The number of ether oxygens (including phenoxy) is 1. The first-order chi connectivity index (χ1) is 8.43. The van der Waals surface area contributed by atoms with Crippen LogP contribution in [-0.2, 0) is 4.74 Å². The smallest absolute Gasteiger partial charge is 0.351 e. The average Bonchev–Trinajstić information content (AvgIpc) is 2.69. The van der Waals surface area contributed by atoms with Gasteiger partial charge in [-0.05, 0) is 19.8 Å². The summed E-state index contributed by atoms with van der Waals surface area (Å²) in [5.41, 5.74) is -0.720. The number of thiazole rings is 1. The Morgan fingerprint density at radius 2 is 2.39 bits per heavy atom. The van der Waals surface area contributed by atoms with E-state index in [9.17, 15) is 9.90 Å². The SMILES string of the molecule is COC(=O)c1sc(N2CCCC(C)(O)C2)nc1Cl. The zero-order chi connectivity index (χ0) is 13.3. The highest BCUT2D eigenvalue weighted by molar-refractivity contribution is 7.18. The summed E-state index contributed by atoms with van der Waals surface area (Å²) in [6, 6.07) is 0. The van der Waals surface area contributed by atoms with Crippen LogP contribution in [0.2, 0.25) is 5.15 Å². The summed E-state index contributed by atoms with van der Waals surface area (Å²) < 4.78 is 4.64. The molecule has 1 aromatic rings. The molecule has 0 aromatic carbocycles. The van der Waals surface area contributed by atoms with E-state index in [4.69, 9.17) is 11.6 Å². The molecule has 1 aliphatic rings. The molecular weight excluding hydrogens is 276 g/mol. The van der Waals surface area contributed by atoms with Gasteiger partial charge in [-0.1, -0.05) is 22.9 Å². The number of carbonyl (C=O) groups is 1. The maximum absolute atomic E-state index is 11.5. The van der Waals surface area contributed by atoms with E-state index >= 15 is 0 Å². The summed E-state index contributed by atoms with van der Waals surface area (Å²) in [4.78, 5) is 17.9. The summed E-state index contributed by atoms with van der Waals surface area (Å²) in [5.74, 6) is -0.479. The molecule has 1 aromatic heterocycles. The number of hydrogen-bond acceptors (Lipinski definition) is 6. The third-order valence-electron chi connectivity index (χ3n) is 2.89. The highest BCUT2D eigenvalue weighted by atomic mass is 35.5. The van der Waals surface area contributed by atoms with Gasteiger partial charge in [0.15, 0.2) is 15.2 Å². The van der Waals surface area contributed by atoms with E-state index in [-0.39, 0.29) is 5.15 Å². The number of methoxy groups -OCH3 is 1. The standard InChI is InChI=1S/C11H15ClN2O3S/c1-11(16)4-3-5-14(6-11)10-13-8(12)7(18-10)9(15)17-2/h16H,3-6H2,1-2H3. The van der Waals surface area contributed by atoms with Crippen LogP contribution in [-0.4, -0.2) is 41.9 Å². The van der Waals surface area contributed by atoms with Gasteiger partial charge in [-0.25, -0.2) is 9.78 Å². The molecule has 0 radical (unpaired) electrons. The van der Waals surface area contributed by atoms with Gasteiger partial charge in [-0.2, -0.15) is 0 Å². The van der Waals surface area contributed by atoms with Crippen molar-refractivity contribution in [3.05, 3.63) is 10.0 Å². The second-order valence-electron chi connectivity index (χ2n) is 4.63. The van der Waals surface area contributed by atoms with Gasteiger partial charge in [0.25, 0.3) is 0 Å². The Kier molecular flexibility index (Phi) is 3.79. The first kappa shape index (κ1) is 13.6. The van der Waals surface area contributed by atoms with E-state index in [1.54, 1.807) is 6.92 Å². The van der Waals surface area contributed by atoms with Crippen molar-refractivity contribution in [2.45, 2.75) is 25.4 Å². The maximum atomic E-state index is 11.5. The lowest BCUT2D eigenvalue weighted by Gasteiger charge is -2.36. The van der Waals surface area contributed by atoms with Crippen molar-refractivity contribution >= 4 is 34.0 Å². The molecule has 0 spiro atoms. The monoisotopic (exact) mass is 290 g/mol. The minimum Gasteiger partial charge on any atom is -0.465 e. The lowest BCUT2D eigenvalue weighted by Crippen LogP contribution is -2.46. The number of β-amino-alcohol motifs (C(OH)–C–C–N with tert-alkyl or cyclic N) is 1. The van der Waals surface area contributed by atoms with E-state index in [2.05, 4.69) is 9.72 Å². The first-order valence-electron chi connectivity index (χ1n) is 5.65. The number of esters is 1. The summed E-state index contributed by atoms with van der Waals surface area (Å²) in [6.45, 7) is 3.10. The predicted molar refractivity (Wildman–Crippen MR) is 70.5 cm³/mol. The summed E-state index contributed by atoms with van der Waals surface area (Å²) >= 11 is 7.11. The molecule has 1 atom stereocenters. The van der Waals surface area contributed by atoms with Crippen LogP contribution in [0.4, 0.5) is 5.13 Å². The van der Waals surface area contributed by atoms with Gasteiger partial charge in [0.1, 0.15) is 0 Å². The fourth-order valence-corrected chi connectivity index (χ4v) is 3.25. The molecule has 7 heteroatoms. The molecule has 0 bridgehead atoms. The molecule has 5 nitrogen and oxygen atoms in total. The van der Waals surface area contributed by atoms with Crippen LogP contribution in [0, 0.1) is 0 Å². The minimum absolute atomic E-state index is 0.159. The van der Waals surface area contributed by atoms with Crippen LogP contribution in [0.5, 0.6) is 0 Å². The predicted octanol–water partition coefficient (Wildman–Crippen LogP) is 1.93. The minimum atomic E-state index is -0.720. The van der Waals surface area contributed by atoms with Crippen LogP contribution in [0.3, 0.4) is 0 Å². The summed E-state index contributed by atoms with van der Waals surface area (Å²) in [5, 5.41) is 10.9. The van der Waals surface area contributed by atoms with Gasteiger partial charge < -0.3 is 14.7 Å². The molecule has 1 fully saturated rings. The molecular formula is C11H15ClN2O3S.